The van der Waals surface area contributed by atoms with E-state index in [4.69, 9.17) is 10.3 Å². The largest absolute Gasteiger partial charge is 0.423 e. The molecular formula is C25H26N6O10S3. The van der Waals surface area contributed by atoms with Gasteiger partial charge in [-0.1, -0.05) is 14.0 Å². The summed E-state index contributed by atoms with van der Waals surface area (Å²) < 4.78 is 74.3. The minimum atomic E-state index is -3.90. The highest BCUT2D eigenvalue weighted by Crippen LogP contribution is 2.21. The van der Waals surface area contributed by atoms with E-state index >= 15 is 0 Å². The van der Waals surface area contributed by atoms with Crippen molar-refractivity contribution in [3.05, 3.63) is 103 Å². The van der Waals surface area contributed by atoms with Gasteiger partial charge in [-0.05, 0) is 54.1 Å². The van der Waals surface area contributed by atoms with Crippen molar-refractivity contribution < 1.29 is 44.4 Å². The summed E-state index contributed by atoms with van der Waals surface area (Å²) in [5.74, 6) is -1.15. The molecule has 1 aliphatic heterocycles. The number of amides is 2. The van der Waals surface area contributed by atoms with Gasteiger partial charge in [-0.2, -0.15) is 8.42 Å². The van der Waals surface area contributed by atoms with Crippen LogP contribution in [0.25, 0.3) is 10.4 Å². The van der Waals surface area contributed by atoms with E-state index in [-0.39, 0.29) is 23.0 Å². The van der Waals surface area contributed by atoms with Crippen LogP contribution < -0.4 is 9.64 Å². The molecule has 1 aliphatic rings. The Labute approximate surface area is 253 Å². The summed E-state index contributed by atoms with van der Waals surface area (Å²) in [6, 6.07) is 11.2. The Morgan fingerprint density at radius 2 is 1.39 bits per heavy atom. The maximum atomic E-state index is 11.4. The average Bonchev–Trinajstić information content (AvgIpc) is 3.59. The number of sulfone groups is 2. The number of rotatable bonds is 7. The quantitative estimate of drug-likeness (QED) is 0.0676. The Morgan fingerprint density at radius 3 is 1.77 bits per heavy atom. The molecular weight excluding hydrogens is 641 g/mol. The Bertz CT molecular complexity index is 1900. The lowest BCUT2D eigenvalue weighted by Crippen LogP contribution is -2.29. The molecule has 44 heavy (non-hydrogen) atoms. The number of azide groups is 1. The number of hydrogen-bond acceptors (Lipinski definition) is 11. The summed E-state index contributed by atoms with van der Waals surface area (Å²) in [7, 11) is -10.4. The van der Waals surface area contributed by atoms with Gasteiger partial charge in [0.2, 0.25) is 0 Å². The number of esters is 1. The highest BCUT2D eigenvalue weighted by atomic mass is 32.2. The van der Waals surface area contributed by atoms with E-state index in [0.29, 0.717) is 9.66 Å². The van der Waals surface area contributed by atoms with Crippen molar-refractivity contribution in [1.82, 2.24) is 8.96 Å². The van der Waals surface area contributed by atoms with E-state index in [1.165, 1.54) is 73.1 Å². The zero-order chi connectivity index (χ0) is 32.4. The van der Waals surface area contributed by atoms with Gasteiger partial charge < -0.3 is 4.74 Å². The molecule has 2 aromatic carbocycles. The fourth-order valence-corrected chi connectivity index (χ4v) is 4.70. The predicted octanol–water partition coefficient (Wildman–Crippen LogP) is 2.62. The molecule has 0 bridgehead atoms. The summed E-state index contributed by atoms with van der Waals surface area (Å²) in [4.78, 5) is 40.5. The summed E-state index contributed by atoms with van der Waals surface area (Å²) in [6.45, 7) is 3.24. The third-order valence-corrected chi connectivity index (χ3v) is 8.14. The van der Waals surface area contributed by atoms with Crippen molar-refractivity contribution in [2.45, 2.75) is 17.2 Å². The van der Waals surface area contributed by atoms with E-state index < -0.39 is 47.7 Å². The molecule has 0 N–H and O–H groups in total. The second-order valence-corrected chi connectivity index (χ2v) is 13.5. The lowest BCUT2D eigenvalue weighted by molar-refractivity contribution is -0.129. The van der Waals surface area contributed by atoms with Crippen LogP contribution in [0.1, 0.15) is 7.43 Å². The summed E-state index contributed by atoms with van der Waals surface area (Å²) in [6.07, 6.45) is 9.05. The van der Waals surface area contributed by atoms with Gasteiger partial charge >= 0.3 is 16.2 Å². The molecule has 0 saturated carbocycles. The van der Waals surface area contributed by atoms with Crippen LogP contribution in [-0.2, 0) is 44.3 Å². The van der Waals surface area contributed by atoms with E-state index in [0.717, 1.165) is 29.8 Å². The third-order valence-electron chi connectivity index (χ3n) is 4.86. The second kappa shape index (κ2) is 15.4. The number of carbonyl (C=O) groups is 3. The van der Waals surface area contributed by atoms with Crippen molar-refractivity contribution in [3.63, 3.8) is 0 Å². The second-order valence-electron chi connectivity index (χ2n) is 8.02. The summed E-state index contributed by atoms with van der Waals surface area (Å²) >= 11 is 0. The smallest absolute Gasteiger partial charge is 0.335 e. The monoisotopic (exact) mass is 666 g/mol. The van der Waals surface area contributed by atoms with Crippen LogP contribution in [0, 0.1) is 0 Å². The molecule has 0 saturated heterocycles. The van der Waals surface area contributed by atoms with E-state index in [1.807, 2.05) is 0 Å². The first-order valence-corrected chi connectivity index (χ1v) is 16.5. The molecule has 1 aromatic heterocycles. The molecule has 0 radical (unpaired) electrons. The van der Waals surface area contributed by atoms with Crippen LogP contribution in [-0.4, -0.2) is 64.5 Å². The van der Waals surface area contributed by atoms with Gasteiger partial charge in [0.05, 0.1) is 20.0 Å². The minimum Gasteiger partial charge on any atom is -0.423 e. The number of imide groups is 1. The van der Waals surface area contributed by atoms with Gasteiger partial charge in [-0.25, -0.2) is 35.5 Å². The molecule has 0 spiro atoms. The predicted molar refractivity (Wildman–Crippen MR) is 159 cm³/mol. The van der Waals surface area contributed by atoms with Crippen molar-refractivity contribution in [1.29, 1.82) is 0 Å². The van der Waals surface area contributed by atoms with Gasteiger partial charge in [-0.3, -0.25) is 9.59 Å². The SMILES string of the molecule is C.C=CC(=O)Oc1ccc(S(C)(=O)=O)cc1.CS(=O)(=O)c1ccc(N2C(=O)C=CC2=O)cc1.[N-]=[N+]=NS(=O)(=O)n1ccnc1. The van der Waals surface area contributed by atoms with Crippen molar-refractivity contribution in [2.75, 3.05) is 17.4 Å². The Morgan fingerprint density at radius 1 is 0.909 bits per heavy atom. The number of benzene rings is 2. The number of carbonyl (C=O) groups excluding carboxylic acids is 3. The highest BCUT2D eigenvalue weighted by molar-refractivity contribution is 7.91. The highest BCUT2D eigenvalue weighted by Gasteiger charge is 2.25. The van der Waals surface area contributed by atoms with Crippen LogP contribution in [0.3, 0.4) is 0 Å². The van der Waals surface area contributed by atoms with Crippen LogP contribution in [0.2, 0.25) is 0 Å². The van der Waals surface area contributed by atoms with E-state index in [1.54, 1.807) is 0 Å². The summed E-state index contributed by atoms with van der Waals surface area (Å²) in [5.41, 5.74) is 8.20. The van der Waals surface area contributed by atoms with Crippen LogP contribution in [0.15, 0.2) is 106 Å². The molecule has 0 unspecified atom stereocenters. The molecule has 4 rings (SSSR count). The topological polar surface area (TPSA) is 233 Å². The van der Waals surface area contributed by atoms with Crippen LogP contribution >= 0.6 is 0 Å². The number of ether oxygens (including phenoxy) is 1. The third kappa shape index (κ3) is 10.6. The minimum absolute atomic E-state index is 0. The standard InChI is InChI=1S/C11H9NO4S.C10H10O4S.C3H3N5O2S.CH4/c1-17(15,16)9-4-2-8(3-5-9)12-10(13)6-7-11(12)14;1-3-10(11)14-8-4-6-9(7-5-8)15(2,12)13;4-6-7-11(9,10)8-2-1-5-3-8;/h2-7H,1H3;3-7H,1H2,2H3;1-3H;1H4. The number of anilines is 1. The van der Waals surface area contributed by atoms with Crippen molar-refractivity contribution in [2.24, 2.45) is 4.52 Å². The normalized spacial score (nSPS) is 12.4. The molecule has 0 atom stereocenters. The Balaban J connectivity index is 0.000000334. The van der Waals surface area contributed by atoms with E-state index in [2.05, 4.69) is 21.0 Å². The van der Waals surface area contributed by atoms with Gasteiger partial charge in [-0.15, -0.1) is 0 Å². The van der Waals surface area contributed by atoms with Gasteiger partial charge in [0.15, 0.2) is 19.7 Å². The fourth-order valence-electron chi connectivity index (χ4n) is 2.88. The molecule has 0 fully saturated rings. The maximum absolute atomic E-state index is 11.4. The van der Waals surface area contributed by atoms with Crippen LogP contribution in [0.4, 0.5) is 5.69 Å². The fraction of sp³-hybridized carbons (Fsp3) is 0.120. The molecule has 3 aromatic rings. The zero-order valence-corrected chi connectivity index (χ0v) is 24.7. The Kier molecular flexibility index (Phi) is 12.9. The molecule has 234 valence electrons. The van der Waals surface area contributed by atoms with Crippen molar-refractivity contribution >= 4 is 53.4 Å². The van der Waals surface area contributed by atoms with Crippen LogP contribution in [0.5, 0.6) is 5.75 Å². The first kappa shape index (κ1) is 36.9. The average molecular weight is 667 g/mol. The molecule has 2 heterocycles. The Hall–Kier alpha value is -5.10. The van der Waals surface area contributed by atoms with E-state index in [9.17, 15) is 39.6 Å². The van der Waals surface area contributed by atoms with Gasteiger partial charge in [0, 0.05) is 48.0 Å². The first-order valence-electron chi connectivity index (χ1n) is 11.3. The molecule has 2 amide bonds. The van der Waals surface area contributed by atoms with Gasteiger partial charge in [0.25, 0.3) is 11.8 Å². The van der Waals surface area contributed by atoms with Crippen molar-refractivity contribution in [3.8, 4) is 5.75 Å². The number of aromatic nitrogens is 2. The lowest BCUT2D eigenvalue weighted by atomic mass is 10.3. The number of nitrogens with zero attached hydrogens (tertiary/aromatic N) is 6. The molecule has 16 nitrogen and oxygen atoms in total. The van der Waals surface area contributed by atoms with Gasteiger partial charge in [0.1, 0.15) is 12.1 Å². The number of imidazole rings is 1. The number of hydrogen-bond donors (Lipinski definition) is 0. The zero-order valence-electron chi connectivity index (χ0n) is 22.3. The molecule has 19 heteroatoms. The maximum Gasteiger partial charge on any atom is 0.335 e. The summed E-state index contributed by atoms with van der Waals surface area (Å²) in [5, 5.41) is 0. The first-order chi connectivity index (χ1) is 20.0. The lowest BCUT2D eigenvalue weighted by Gasteiger charge is -2.13. The molecule has 0 aliphatic carbocycles.